The van der Waals surface area contributed by atoms with Crippen LogP contribution in [0.3, 0.4) is 0 Å². The molecule has 19 heavy (non-hydrogen) atoms. The lowest BCUT2D eigenvalue weighted by atomic mass is 9.89. The van der Waals surface area contributed by atoms with Crippen molar-refractivity contribution in [2.75, 3.05) is 0 Å². The Morgan fingerprint density at radius 1 is 0.737 bits per heavy atom. The van der Waals surface area contributed by atoms with Gasteiger partial charge < -0.3 is 0 Å². The minimum absolute atomic E-state index is 0.342. The molecule has 0 radical (unpaired) electrons. The van der Waals surface area contributed by atoms with Crippen LogP contribution in [0, 0.1) is 0 Å². The average molecular weight is 338 g/mol. The summed E-state index contributed by atoms with van der Waals surface area (Å²) in [6, 6.07) is 12.6. The maximum Gasteiger partial charge on any atom is 0.190 e. The van der Waals surface area contributed by atoms with E-state index in [-0.39, 0.29) is 0 Å². The highest BCUT2D eigenvalue weighted by atomic mass is 35.5. The SMILES string of the molecule is FC(c1ccc(Cl)cc1)(c1ccc(Cl)cc1)C(Cl)Cl. The second-order valence-corrected chi connectivity index (χ2v) is 6.00. The number of rotatable bonds is 3. The number of hydrogen-bond donors (Lipinski definition) is 0. The largest absolute Gasteiger partial charge is 0.230 e. The lowest BCUT2D eigenvalue weighted by molar-refractivity contribution is 0.242. The Labute approximate surface area is 131 Å². The lowest BCUT2D eigenvalue weighted by Gasteiger charge is -2.27. The third kappa shape index (κ3) is 3.00. The van der Waals surface area contributed by atoms with Crippen LogP contribution >= 0.6 is 46.4 Å². The van der Waals surface area contributed by atoms with Crippen molar-refractivity contribution in [3.63, 3.8) is 0 Å². The van der Waals surface area contributed by atoms with E-state index in [2.05, 4.69) is 0 Å². The Morgan fingerprint density at radius 3 is 1.32 bits per heavy atom. The monoisotopic (exact) mass is 336 g/mol. The van der Waals surface area contributed by atoms with E-state index in [0.29, 0.717) is 21.2 Å². The zero-order chi connectivity index (χ0) is 14.0. The molecule has 0 amide bonds. The summed E-state index contributed by atoms with van der Waals surface area (Å²) in [5.74, 6) is 0. The number of benzene rings is 2. The summed E-state index contributed by atoms with van der Waals surface area (Å²) in [5, 5.41) is 1.03. The first-order valence-corrected chi connectivity index (χ1v) is 7.06. The van der Waals surface area contributed by atoms with E-state index >= 15 is 4.39 Å². The van der Waals surface area contributed by atoms with Gasteiger partial charge in [-0.1, -0.05) is 47.5 Å². The van der Waals surface area contributed by atoms with Crippen molar-refractivity contribution in [1.82, 2.24) is 0 Å². The van der Waals surface area contributed by atoms with Crippen LogP contribution in [0.25, 0.3) is 0 Å². The highest BCUT2D eigenvalue weighted by Crippen LogP contribution is 2.42. The van der Waals surface area contributed by atoms with E-state index in [1.165, 1.54) is 0 Å². The predicted molar refractivity (Wildman–Crippen MR) is 80.3 cm³/mol. The smallest absolute Gasteiger partial charge is 0.190 e. The summed E-state index contributed by atoms with van der Waals surface area (Å²) in [7, 11) is 0. The molecule has 2 aromatic carbocycles. The molecular weight excluding hydrogens is 329 g/mol. The topological polar surface area (TPSA) is 0 Å². The van der Waals surface area contributed by atoms with Gasteiger partial charge in [0.15, 0.2) is 5.67 Å². The molecule has 0 aliphatic rings. The van der Waals surface area contributed by atoms with E-state index in [4.69, 9.17) is 46.4 Å². The van der Waals surface area contributed by atoms with Gasteiger partial charge in [0.1, 0.15) is 4.84 Å². The Hall–Kier alpha value is -0.470. The second kappa shape index (κ2) is 5.88. The van der Waals surface area contributed by atoms with Crippen molar-refractivity contribution in [3.8, 4) is 0 Å². The molecule has 0 aliphatic carbocycles. The molecule has 0 aliphatic heterocycles. The second-order valence-electron chi connectivity index (χ2n) is 4.03. The summed E-state index contributed by atoms with van der Waals surface area (Å²) < 4.78 is 15.3. The third-order valence-electron chi connectivity index (χ3n) is 2.83. The van der Waals surface area contributed by atoms with E-state index in [1.54, 1.807) is 48.5 Å². The van der Waals surface area contributed by atoms with Crippen molar-refractivity contribution in [2.24, 2.45) is 0 Å². The van der Waals surface area contributed by atoms with E-state index in [0.717, 1.165) is 0 Å². The predicted octanol–water partition coefficient (Wildman–Crippen LogP) is 6.01. The molecule has 0 N–H and O–H groups in total. The molecule has 0 heterocycles. The van der Waals surface area contributed by atoms with E-state index in [1.807, 2.05) is 0 Å². The normalized spacial score (nSPS) is 11.9. The minimum Gasteiger partial charge on any atom is -0.230 e. The summed E-state index contributed by atoms with van der Waals surface area (Å²) >= 11 is 23.3. The highest BCUT2D eigenvalue weighted by molar-refractivity contribution is 6.45. The maximum absolute atomic E-state index is 15.3. The van der Waals surface area contributed by atoms with Crippen LogP contribution in [0.5, 0.6) is 0 Å². The van der Waals surface area contributed by atoms with Crippen LogP contribution in [-0.2, 0) is 5.67 Å². The van der Waals surface area contributed by atoms with Gasteiger partial charge in [0.05, 0.1) is 0 Å². The zero-order valence-corrected chi connectivity index (χ0v) is 12.6. The summed E-state index contributed by atoms with van der Waals surface area (Å²) in [5.41, 5.74) is -1.33. The molecular formula is C14H9Cl4F. The Bertz CT molecular complexity index is 503. The van der Waals surface area contributed by atoms with Crippen molar-refractivity contribution in [1.29, 1.82) is 0 Å². The first-order chi connectivity index (χ1) is 8.94. The van der Waals surface area contributed by atoms with Crippen LogP contribution in [0.4, 0.5) is 4.39 Å². The molecule has 0 spiro atoms. The summed E-state index contributed by atoms with van der Waals surface area (Å²) in [6.45, 7) is 0. The Morgan fingerprint density at radius 2 is 1.05 bits per heavy atom. The standard InChI is InChI=1S/C14H9Cl4F/c15-11-5-1-9(2-6-11)14(19,13(17)18)10-3-7-12(16)8-4-10/h1-8,13H. The molecule has 0 saturated carbocycles. The molecule has 0 saturated heterocycles. The van der Waals surface area contributed by atoms with Crippen molar-refractivity contribution in [3.05, 3.63) is 69.7 Å². The fourth-order valence-corrected chi connectivity index (χ4v) is 2.56. The number of alkyl halides is 3. The van der Waals surface area contributed by atoms with E-state index < -0.39 is 10.5 Å². The molecule has 2 aromatic rings. The maximum atomic E-state index is 15.3. The molecule has 5 heteroatoms. The molecule has 0 bridgehead atoms. The van der Waals surface area contributed by atoms with Crippen molar-refractivity contribution < 1.29 is 4.39 Å². The first kappa shape index (κ1) is 14.9. The average Bonchev–Trinajstić information content (AvgIpc) is 2.39. The van der Waals surface area contributed by atoms with Crippen LogP contribution in [0.2, 0.25) is 10.0 Å². The van der Waals surface area contributed by atoms with Gasteiger partial charge in [0.25, 0.3) is 0 Å². The summed E-state index contributed by atoms with van der Waals surface area (Å²) in [6.07, 6.45) is 0. The zero-order valence-electron chi connectivity index (χ0n) is 9.59. The van der Waals surface area contributed by atoms with Gasteiger partial charge >= 0.3 is 0 Å². The van der Waals surface area contributed by atoms with Crippen LogP contribution in [0.1, 0.15) is 11.1 Å². The summed E-state index contributed by atoms with van der Waals surface area (Å²) in [4.78, 5) is -1.25. The van der Waals surface area contributed by atoms with Crippen LogP contribution in [-0.4, -0.2) is 4.84 Å². The quantitative estimate of drug-likeness (QED) is 0.601. The van der Waals surface area contributed by atoms with Gasteiger partial charge in [0, 0.05) is 10.0 Å². The molecule has 0 atom stereocenters. The van der Waals surface area contributed by atoms with E-state index in [9.17, 15) is 0 Å². The Kier molecular flexibility index (Phi) is 4.62. The number of hydrogen-bond acceptors (Lipinski definition) is 0. The first-order valence-electron chi connectivity index (χ1n) is 5.43. The molecule has 100 valence electrons. The van der Waals surface area contributed by atoms with Crippen LogP contribution < -0.4 is 0 Å². The Balaban J connectivity index is 2.54. The number of halogens is 5. The van der Waals surface area contributed by atoms with Gasteiger partial charge in [-0.15, -0.1) is 23.2 Å². The lowest BCUT2D eigenvalue weighted by Crippen LogP contribution is -2.29. The highest BCUT2D eigenvalue weighted by Gasteiger charge is 2.41. The fourth-order valence-electron chi connectivity index (χ4n) is 1.80. The third-order valence-corrected chi connectivity index (χ3v) is 3.93. The molecule has 0 nitrogen and oxygen atoms in total. The van der Waals surface area contributed by atoms with Gasteiger partial charge in [0.2, 0.25) is 0 Å². The van der Waals surface area contributed by atoms with Gasteiger partial charge in [-0.25, -0.2) is 4.39 Å². The molecule has 2 rings (SSSR count). The molecule has 0 unspecified atom stereocenters. The fraction of sp³-hybridized carbons (Fsp3) is 0.143. The van der Waals surface area contributed by atoms with Crippen molar-refractivity contribution in [2.45, 2.75) is 10.5 Å². The molecule has 0 aromatic heterocycles. The van der Waals surface area contributed by atoms with Crippen LogP contribution in [0.15, 0.2) is 48.5 Å². The van der Waals surface area contributed by atoms with Gasteiger partial charge in [-0.2, -0.15) is 0 Å². The van der Waals surface area contributed by atoms with Gasteiger partial charge in [-0.3, -0.25) is 0 Å². The minimum atomic E-state index is -2.02. The van der Waals surface area contributed by atoms with Gasteiger partial charge in [-0.05, 0) is 35.4 Å². The molecule has 0 fully saturated rings. The van der Waals surface area contributed by atoms with Crippen molar-refractivity contribution >= 4 is 46.4 Å².